The van der Waals surface area contributed by atoms with Crippen LogP contribution in [-0.2, 0) is 11.3 Å². The molecule has 0 aliphatic carbocycles. The summed E-state index contributed by atoms with van der Waals surface area (Å²) in [5, 5.41) is 16.0. The van der Waals surface area contributed by atoms with Crippen LogP contribution in [0.25, 0.3) is 0 Å². The normalized spacial score (nSPS) is 12.4. The van der Waals surface area contributed by atoms with Crippen molar-refractivity contribution in [3.05, 3.63) is 51.8 Å². The lowest BCUT2D eigenvalue weighted by atomic mass is 10.1. The molecular formula is C14H16ClN3O2. The molecular weight excluding hydrogens is 278 g/mol. The summed E-state index contributed by atoms with van der Waals surface area (Å²) in [6.07, 6.45) is 0. The topological polar surface area (TPSA) is 85.6 Å². The van der Waals surface area contributed by atoms with Gasteiger partial charge in [-0.15, -0.1) is 0 Å². The summed E-state index contributed by atoms with van der Waals surface area (Å²) in [4.78, 5) is 11.0. The fraction of sp³-hybridized carbons (Fsp3) is 0.286. The first kappa shape index (κ1) is 14.6. The fourth-order valence-electron chi connectivity index (χ4n) is 2.25. The van der Waals surface area contributed by atoms with Crippen LogP contribution in [0.4, 0.5) is 0 Å². The number of hydrogen-bond donors (Lipinski definition) is 1. The van der Waals surface area contributed by atoms with Gasteiger partial charge < -0.3 is 15.6 Å². The van der Waals surface area contributed by atoms with Crippen LogP contribution >= 0.6 is 11.6 Å². The fourth-order valence-corrected chi connectivity index (χ4v) is 2.38. The molecule has 0 saturated heterocycles. The summed E-state index contributed by atoms with van der Waals surface area (Å²) >= 11 is 5.85. The van der Waals surface area contributed by atoms with Crippen molar-refractivity contribution in [1.82, 2.24) is 9.78 Å². The molecule has 0 aliphatic rings. The Morgan fingerprint density at radius 1 is 1.40 bits per heavy atom. The maximum absolute atomic E-state index is 11.0. The zero-order valence-electron chi connectivity index (χ0n) is 11.4. The van der Waals surface area contributed by atoms with E-state index >= 15 is 0 Å². The Hall–Kier alpha value is -1.85. The molecule has 1 aromatic heterocycles. The average molecular weight is 294 g/mol. The maximum Gasteiger partial charge on any atom is 0.154 e. The number of aryl methyl sites for hydroxylation is 1. The summed E-state index contributed by atoms with van der Waals surface area (Å²) in [6.45, 7) is 4.18. The lowest BCUT2D eigenvalue weighted by Crippen LogP contribution is -2.61. The molecule has 0 amide bonds. The number of rotatable bonds is 4. The van der Waals surface area contributed by atoms with Gasteiger partial charge in [-0.2, -0.15) is 5.10 Å². The zero-order chi connectivity index (χ0) is 14.9. The highest BCUT2D eigenvalue weighted by Gasteiger charge is 2.21. The number of benzene rings is 1. The second kappa shape index (κ2) is 5.64. The molecule has 0 bridgehead atoms. The van der Waals surface area contributed by atoms with E-state index in [2.05, 4.69) is 10.8 Å². The lowest BCUT2D eigenvalue weighted by Gasteiger charge is -2.10. The molecule has 0 spiro atoms. The van der Waals surface area contributed by atoms with Gasteiger partial charge in [0, 0.05) is 10.7 Å². The van der Waals surface area contributed by atoms with Crippen LogP contribution in [0.1, 0.15) is 28.6 Å². The van der Waals surface area contributed by atoms with Crippen LogP contribution in [0, 0.1) is 13.8 Å². The molecule has 1 aromatic carbocycles. The minimum absolute atomic E-state index is 0.559. The molecule has 0 unspecified atom stereocenters. The molecule has 2 aromatic rings. The molecule has 0 radical (unpaired) electrons. The second-order valence-electron chi connectivity index (χ2n) is 4.74. The van der Waals surface area contributed by atoms with E-state index in [9.17, 15) is 9.90 Å². The van der Waals surface area contributed by atoms with Crippen LogP contribution < -0.4 is 10.8 Å². The Kier molecular flexibility index (Phi) is 4.11. The van der Waals surface area contributed by atoms with Crippen molar-refractivity contribution >= 4 is 17.6 Å². The Morgan fingerprint density at radius 3 is 2.55 bits per heavy atom. The number of aromatic nitrogens is 2. The van der Waals surface area contributed by atoms with Crippen molar-refractivity contribution in [1.29, 1.82) is 0 Å². The Bertz CT molecular complexity index is 635. The standard InChI is InChI=1S/C14H16ClN3O2/c1-8-12(13(16)14(19)20)9(2)18(17-8)7-10-3-5-11(15)6-4-10/h3-6,13H,7,16H2,1-2H3,(H,19,20)/t13-/m1/s1. The number of carboxylic acid groups (broad SMARTS) is 1. The first-order chi connectivity index (χ1) is 9.40. The first-order valence-corrected chi connectivity index (χ1v) is 6.60. The summed E-state index contributed by atoms with van der Waals surface area (Å²) in [5.41, 5.74) is 6.76. The quantitative estimate of drug-likeness (QED) is 0.876. The van der Waals surface area contributed by atoms with E-state index in [0.717, 1.165) is 11.3 Å². The molecule has 2 rings (SSSR count). The summed E-state index contributed by atoms with van der Waals surface area (Å²) < 4.78 is 1.77. The largest absolute Gasteiger partial charge is 0.544 e. The van der Waals surface area contributed by atoms with Crippen LogP contribution in [0.2, 0.25) is 5.02 Å². The number of aliphatic carboxylic acids is 1. The summed E-state index contributed by atoms with van der Waals surface area (Å²) in [5.74, 6) is -1.19. The number of carbonyl (C=O) groups excluding carboxylic acids is 1. The molecule has 6 heteroatoms. The van der Waals surface area contributed by atoms with E-state index < -0.39 is 12.0 Å². The highest BCUT2D eigenvalue weighted by Crippen LogP contribution is 2.20. The van der Waals surface area contributed by atoms with Gasteiger partial charge in [0.2, 0.25) is 0 Å². The van der Waals surface area contributed by atoms with E-state index in [4.69, 9.17) is 11.6 Å². The highest BCUT2D eigenvalue weighted by molar-refractivity contribution is 6.30. The van der Waals surface area contributed by atoms with Gasteiger partial charge in [0.05, 0.1) is 17.8 Å². The second-order valence-corrected chi connectivity index (χ2v) is 5.18. The predicted molar refractivity (Wildman–Crippen MR) is 72.9 cm³/mol. The number of hydrogen-bond acceptors (Lipinski definition) is 3. The SMILES string of the molecule is Cc1nn(Cc2ccc(Cl)cc2)c(C)c1[C@@H]([NH3+])C(=O)[O-]. The third-order valence-electron chi connectivity index (χ3n) is 3.32. The van der Waals surface area contributed by atoms with Gasteiger partial charge >= 0.3 is 0 Å². The molecule has 20 heavy (non-hydrogen) atoms. The van der Waals surface area contributed by atoms with Crippen molar-refractivity contribution < 1.29 is 15.6 Å². The van der Waals surface area contributed by atoms with Gasteiger partial charge in [-0.25, -0.2) is 0 Å². The van der Waals surface area contributed by atoms with Gasteiger partial charge in [0.1, 0.15) is 5.97 Å². The van der Waals surface area contributed by atoms with Crippen molar-refractivity contribution in [2.24, 2.45) is 0 Å². The van der Waals surface area contributed by atoms with Gasteiger partial charge in [0.15, 0.2) is 6.04 Å². The van der Waals surface area contributed by atoms with Gasteiger partial charge in [-0.1, -0.05) is 23.7 Å². The smallest absolute Gasteiger partial charge is 0.154 e. The summed E-state index contributed by atoms with van der Waals surface area (Å²) in [7, 11) is 0. The minimum atomic E-state index is -1.19. The molecule has 0 saturated carbocycles. The van der Waals surface area contributed by atoms with E-state index in [1.807, 2.05) is 31.2 Å². The molecule has 0 fully saturated rings. The van der Waals surface area contributed by atoms with Crippen LogP contribution in [-0.4, -0.2) is 15.7 Å². The molecule has 3 N–H and O–H groups in total. The van der Waals surface area contributed by atoms with Crippen LogP contribution in [0.15, 0.2) is 24.3 Å². The van der Waals surface area contributed by atoms with Crippen molar-refractivity contribution in [3.8, 4) is 0 Å². The maximum atomic E-state index is 11.0. The minimum Gasteiger partial charge on any atom is -0.544 e. The zero-order valence-corrected chi connectivity index (χ0v) is 12.1. The van der Waals surface area contributed by atoms with E-state index in [0.29, 0.717) is 22.8 Å². The van der Waals surface area contributed by atoms with Crippen LogP contribution in [0.5, 0.6) is 0 Å². The van der Waals surface area contributed by atoms with Gasteiger partial charge in [0.25, 0.3) is 0 Å². The molecule has 1 atom stereocenters. The van der Waals surface area contributed by atoms with Crippen molar-refractivity contribution in [3.63, 3.8) is 0 Å². The van der Waals surface area contributed by atoms with E-state index in [1.54, 1.807) is 11.6 Å². The average Bonchev–Trinajstić information content (AvgIpc) is 2.66. The lowest BCUT2D eigenvalue weighted by molar-refractivity contribution is -0.443. The Labute approximate surface area is 122 Å². The number of carbonyl (C=O) groups is 1. The molecule has 106 valence electrons. The Morgan fingerprint density at radius 2 is 2.00 bits per heavy atom. The summed E-state index contributed by atoms with van der Waals surface area (Å²) in [6, 6.07) is 6.55. The number of halogens is 1. The highest BCUT2D eigenvalue weighted by atomic mass is 35.5. The Balaban J connectivity index is 2.32. The van der Waals surface area contributed by atoms with Crippen LogP contribution in [0.3, 0.4) is 0 Å². The van der Waals surface area contributed by atoms with Crippen molar-refractivity contribution in [2.45, 2.75) is 26.4 Å². The third kappa shape index (κ3) is 2.84. The third-order valence-corrected chi connectivity index (χ3v) is 3.57. The van der Waals surface area contributed by atoms with Gasteiger partial charge in [-0.05, 0) is 31.5 Å². The molecule has 1 heterocycles. The monoisotopic (exact) mass is 293 g/mol. The predicted octanol–water partition coefficient (Wildman–Crippen LogP) is 0.235. The van der Waals surface area contributed by atoms with Crippen molar-refractivity contribution in [2.75, 3.05) is 0 Å². The number of nitrogens with zero attached hydrogens (tertiary/aromatic N) is 2. The van der Waals surface area contributed by atoms with Gasteiger partial charge in [-0.3, -0.25) is 4.68 Å². The van der Waals surface area contributed by atoms with E-state index in [1.165, 1.54) is 0 Å². The molecule has 5 nitrogen and oxygen atoms in total. The molecule has 0 aliphatic heterocycles. The number of carboxylic acids is 1. The van der Waals surface area contributed by atoms with E-state index in [-0.39, 0.29) is 0 Å². The number of quaternary nitrogens is 1. The first-order valence-electron chi connectivity index (χ1n) is 6.22.